The number of carboxylic acid groups (broad SMARTS) is 1. The summed E-state index contributed by atoms with van der Waals surface area (Å²) in [6.07, 6.45) is 0. The van der Waals surface area contributed by atoms with E-state index in [9.17, 15) is 9.90 Å². The Bertz CT molecular complexity index is 704. The van der Waals surface area contributed by atoms with Crippen molar-refractivity contribution in [2.45, 2.75) is 19.5 Å². The largest absolute Gasteiger partial charge is 0.494 e. The highest BCUT2D eigenvalue weighted by Crippen LogP contribution is 2.21. The minimum atomic E-state index is -0.855. The molecule has 2 heterocycles. The van der Waals surface area contributed by atoms with Crippen molar-refractivity contribution in [3.05, 3.63) is 36.0 Å². The molecule has 0 radical (unpaired) electrons. The predicted octanol–water partition coefficient (Wildman–Crippen LogP) is 1.92. The topological polar surface area (TPSA) is 71.9 Å². The number of carboxylic acids is 1. The lowest BCUT2D eigenvalue weighted by molar-refractivity contribution is -0.150. The highest BCUT2D eigenvalue weighted by Gasteiger charge is 2.29. The van der Waals surface area contributed by atoms with Crippen molar-refractivity contribution in [2.75, 3.05) is 26.4 Å². The van der Waals surface area contributed by atoms with Crippen LogP contribution in [0.25, 0.3) is 10.9 Å². The molecule has 1 saturated heterocycles. The van der Waals surface area contributed by atoms with Crippen LogP contribution in [-0.2, 0) is 16.1 Å². The fraction of sp³-hybridized carbons (Fsp3) is 0.412. The number of aliphatic carboxylic acids is 1. The molecule has 1 aromatic carbocycles. The summed E-state index contributed by atoms with van der Waals surface area (Å²) in [5.74, 6) is -0.0273. The summed E-state index contributed by atoms with van der Waals surface area (Å²) in [6.45, 7) is 4.45. The number of pyridine rings is 1. The highest BCUT2D eigenvalue weighted by atomic mass is 16.5. The molecule has 6 heteroatoms. The molecule has 122 valence electrons. The fourth-order valence-corrected chi connectivity index (χ4v) is 2.75. The number of fused-ring (bicyclic) bond motifs is 1. The number of nitrogens with zero attached hydrogens (tertiary/aromatic N) is 2. The molecule has 0 bridgehead atoms. The van der Waals surface area contributed by atoms with Gasteiger partial charge in [-0.05, 0) is 31.2 Å². The molecule has 23 heavy (non-hydrogen) atoms. The number of hydrogen-bond donors (Lipinski definition) is 1. The zero-order valence-electron chi connectivity index (χ0n) is 13.1. The lowest BCUT2D eigenvalue weighted by Gasteiger charge is -2.32. The molecule has 3 rings (SSSR count). The fourth-order valence-electron chi connectivity index (χ4n) is 2.75. The van der Waals surface area contributed by atoms with Crippen LogP contribution in [0.4, 0.5) is 0 Å². The van der Waals surface area contributed by atoms with Gasteiger partial charge in [-0.2, -0.15) is 0 Å². The standard InChI is InChI=1S/C17H20N2O4/c1-2-23-14-5-6-15-12(9-14)3-4-13(18-15)10-19-7-8-22-11-16(19)17(20)21/h3-6,9,16H,2,7-8,10-11H2,1H3,(H,20,21)/t16-/m1/s1. The van der Waals surface area contributed by atoms with Crippen molar-refractivity contribution in [1.82, 2.24) is 9.88 Å². The van der Waals surface area contributed by atoms with Gasteiger partial charge in [-0.3, -0.25) is 14.7 Å². The van der Waals surface area contributed by atoms with Crippen molar-refractivity contribution >= 4 is 16.9 Å². The van der Waals surface area contributed by atoms with E-state index in [0.29, 0.717) is 26.3 Å². The Morgan fingerprint density at radius 2 is 2.30 bits per heavy atom. The third-order valence-corrected chi connectivity index (χ3v) is 3.92. The first-order valence-corrected chi connectivity index (χ1v) is 7.74. The van der Waals surface area contributed by atoms with Gasteiger partial charge in [-0.25, -0.2) is 0 Å². The SMILES string of the molecule is CCOc1ccc2nc(CN3CCOC[C@@H]3C(=O)O)ccc2c1. The summed E-state index contributed by atoms with van der Waals surface area (Å²) < 4.78 is 10.8. The van der Waals surface area contributed by atoms with Crippen LogP contribution in [0.1, 0.15) is 12.6 Å². The number of morpholine rings is 1. The minimum Gasteiger partial charge on any atom is -0.494 e. The highest BCUT2D eigenvalue weighted by molar-refractivity contribution is 5.80. The van der Waals surface area contributed by atoms with Gasteiger partial charge in [-0.15, -0.1) is 0 Å². The van der Waals surface area contributed by atoms with Crippen LogP contribution in [-0.4, -0.2) is 53.4 Å². The molecule has 1 atom stereocenters. The second-order valence-corrected chi connectivity index (χ2v) is 5.49. The Morgan fingerprint density at radius 1 is 1.43 bits per heavy atom. The van der Waals surface area contributed by atoms with Gasteiger partial charge in [0.05, 0.1) is 31.0 Å². The smallest absolute Gasteiger partial charge is 0.323 e. The van der Waals surface area contributed by atoms with E-state index >= 15 is 0 Å². The average Bonchev–Trinajstić information content (AvgIpc) is 2.55. The molecule has 0 saturated carbocycles. The first kappa shape index (κ1) is 15.7. The third-order valence-electron chi connectivity index (χ3n) is 3.92. The summed E-state index contributed by atoms with van der Waals surface area (Å²) in [5.41, 5.74) is 1.74. The number of ether oxygens (including phenoxy) is 2. The van der Waals surface area contributed by atoms with Crippen LogP contribution in [0, 0.1) is 0 Å². The average molecular weight is 316 g/mol. The lowest BCUT2D eigenvalue weighted by atomic mass is 10.1. The van der Waals surface area contributed by atoms with Gasteiger partial charge in [0, 0.05) is 18.5 Å². The van der Waals surface area contributed by atoms with Crippen LogP contribution in [0.2, 0.25) is 0 Å². The van der Waals surface area contributed by atoms with Crippen molar-refractivity contribution in [2.24, 2.45) is 0 Å². The summed E-state index contributed by atoms with van der Waals surface area (Å²) in [4.78, 5) is 17.8. The van der Waals surface area contributed by atoms with E-state index in [1.807, 2.05) is 42.2 Å². The van der Waals surface area contributed by atoms with Crippen LogP contribution >= 0.6 is 0 Å². The maximum Gasteiger partial charge on any atom is 0.323 e. The summed E-state index contributed by atoms with van der Waals surface area (Å²) in [6, 6.07) is 9.12. The van der Waals surface area contributed by atoms with Gasteiger partial charge >= 0.3 is 5.97 Å². The van der Waals surface area contributed by atoms with Gasteiger partial charge < -0.3 is 14.6 Å². The monoisotopic (exact) mass is 316 g/mol. The molecule has 0 spiro atoms. The second kappa shape index (κ2) is 6.93. The molecule has 1 aliphatic rings. The first-order chi connectivity index (χ1) is 11.2. The Morgan fingerprint density at radius 3 is 3.09 bits per heavy atom. The minimum absolute atomic E-state index is 0.223. The lowest BCUT2D eigenvalue weighted by Crippen LogP contribution is -2.49. The molecule has 0 aliphatic carbocycles. The third kappa shape index (κ3) is 3.60. The Balaban J connectivity index is 1.80. The number of carbonyl (C=O) groups is 1. The molecule has 6 nitrogen and oxygen atoms in total. The Hall–Kier alpha value is -2.18. The van der Waals surface area contributed by atoms with Crippen molar-refractivity contribution in [1.29, 1.82) is 0 Å². The van der Waals surface area contributed by atoms with Crippen molar-refractivity contribution < 1.29 is 19.4 Å². The number of benzene rings is 1. The molecule has 1 N–H and O–H groups in total. The van der Waals surface area contributed by atoms with E-state index in [4.69, 9.17) is 9.47 Å². The predicted molar refractivity (Wildman–Crippen MR) is 85.6 cm³/mol. The molecule has 1 aliphatic heterocycles. The van der Waals surface area contributed by atoms with E-state index in [1.165, 1.54) is 0 Å². The maximum atomic E-state index is 11.3. The number of aromatic nitrogens is 1. The van der Waals surface area contributed by atoms with E-state index in [-0.39, 0.29) is 6.61 Å². The van der Waals surface area contributed by atoms with E-state index in [1.54, 1.807) is 0 Å². The van der Waals surface area contributed by atoms with Gasteiger partial charge in [0.1, 0.15) is 11.8 Å². The number of rotatable bonds is 5. The van der Waals surface area contributed by atoms with E-state index in [2.05, 4.69) is 4.98 Å². The zero-order valence-corrected chi connectivity index (χ0v) is 13.1. The van der Waals surface area contributed by atoms with E-state index < -0.39 is 12.0 Å². The Kier molecular flexibility index (Phi) is 4.73. The maximum absolute atomic E-state index is 11.3. The van der Waals surface area contributed by atoms with Crippen LogP contribution < -0.4 is 4.74 Å². The molecule has 0 unspecified atom stereocenters. The molecule has 0 amide bonds. The Labute approximate surface area is 134 Å². The van der Waals surface area contributed by atoms with Gasteiger partial charge in [-0.1, -0.05) is 6.07 Å². The van der Waals surface area contributed by atoms with Crippen LogP contribution in [0.3, 0.4) is 0 Å². The van der Waals surface area contributed by atoms with Crippen LogP contribution in [0.15, 0.2) is 30.3 Å². The van der Waals surface area contributed by atoms with E-state index in [0.717, 1.165) is 22.3 Å². The molecule has 1 aromatic heterocycles. The summed E-state index contributed by atoms with van der Waals surface area (Å²) in [7, 11) is 0. The van der Waals surface area contributed by atoms with Crippen molar-refractivity contribution in [3.8, 4) is 5.75 Å². The van der Waals surface area contributed by atoms with Crippen molar-refractivity contribution in [3.63, 3.8) is 0 Å². The van der Waals surface area contributed by atoms with Gasteiger partial charge in [0.15, 0.2) is 0 Å². The van der Waals surface area contributed by atoms with Gasteiger partial charge in [0.2, 0.25) is 0 Å². The van der Waals surface area contributed by atoms with Crippen LogP contribution in [0.5, 0.6) is 5.75 Å². The molecular weight excluding hydrogens is 296 g/mol. The summed E-state index contributed by atoms with van der Waals surface area (Å²) >= 11 is 0. The zero-order chi connectivity index (χ0) is 16.2. The molecule has 1 fully saturated rings. The summed E-state index contributed by atoms with van der Waals surface area (Å²) in [5, 5.41) is 10.3. The normalized spacial score (nSPS) is 18.9. The first-order valence-electron chi connectivity index (χ1n) is 7.74. The second-order valence-electron chi connectivity index (χ2n) is 5.49. The molecule has 2 aromatic rings. The number of hydrogen-bond acceptors (Lipinski definition) is 5. The quantitative estimate of drug-likeness (QED) is 0.908. The molecular formula is C17H20N2O4. The van der Waals surface area contributed by atoms with Gasteiger partial charge in [0.25, 0.3) is 0 Å².